The van der Waals surface area contributed by atoms with E-state index in [-0.39, 0.29) is 5.82 Å². The van der Waals surface area contributed by atoms with Gasteiger partial charge in [0.25, 0.3) is 0 Å². The molecule has 2 aromatic carbocycles. The zero-order valence-electron chi connectivity index (χ0n) is 16.7. The van der Waals surface area contributed by atoms with Gasteiger partial charge in [0.15, 0.2) is 5.69 Å². The van der Waals surface area contributed by atoms with Crippen molar-refractivity contribution >= 4 is 10.8 Å². The molecule has 128 valence electrons. The van der Waals surface area contributed by atoms with E-state index in [0.717, 1.165) is 46.1 Å². The number of hydrogen-bond donors (Lipinski definition) is 0. The molecule has 25 heavy (non-hydrogen) atoms. The molecule has 0 radical (unpaired) electrons. The average Bonchev–Trinajstić information content (AvgIpc) is 3.08. The lowest BCUT2D eigenvalue weighted by molar-refractivity contribution is -0.665. The maximum absolute atomic E-state index is 14.4. The summed E-state index contributed by atoms with van der Waals surface area (Å²) in [5.74, 6) is -0.118. The Balaban J connectivity index is 2.17. The fourth-order valence-electron chi connectivity index (χ4n) is 4.17. The summed E-state index contributed by atoms with van der Waals surface area (Å²) >= 11 is 0. The molecule has 0 aliphatic heterocycles. The van der Waals surface area contributed by atoms with Crippen molar-refractivity contribution in [1.82, 2.24) is 0 Å². The van der Waals surface area contributed by atoms with Crippen LogP contribution in [0.1, 0.15) is 41.3 Å². The first-order chi connectivity index (χ1) is 12.3. The molecule has 1 aromatic heterocycles. The van der Waals surface area contributed by atoms with Gasteiger partial charge in [-0.2, -0.15) is 4.57 Å². The Labute approximate surface area is 150 Å². The number of benzene rings is 2. The molecule has 0 atom stereocenters. The van der Waals surface area contributed by atoms with Crippen molar-refractivity contribution in [3.8, 4) is 11.3 Å². The third-order valence-electron chi connectivity index (χ3n) is 5.90. The van der Waals surface area contributed by atoms with Crippen molar-refractivity contribution in [2.24, 2.45) is 7.05 Å². The van der Waals surface area contributed by atoms with E-state index >= 15 is 0 Å². The summed E-state index contributed by atoms with van der Waals surface area (Å²) < 4.78 is 25.1. The van der Waals surface area contributed by atoms with Gasteiger partial charge in [0.05, 0.1) is 12.3 Å². The molecule has 0 spiro atoms. The second-order valence-corrected chi connectivity index (χ2v) is 7.44. The number of fused-ring (bicyclic) bond motifs is 2. The normalized spacial score (nSPS) is 14.1. The van der Waals surface area contributed by atoms with E-state index in [9.17, 15) is 4.39 Å². The summed E-state index contributed by atoms with van der Waals surface area (Å²) in [5.41, 5.74) is 8.23. The zero-order chi connectivity index (χ0) is 18.7. The highest BCUT2D eigenvalue weighted by Gasteiger charge is 2.24. The third kappa shape index (κ3) is 2.38. The molecule has 3 aromatic rings. The number of aryl methyl sites for hydroxylation is 3. The SMILES string of the molecule is [2H]c1c(C)[n+](C)c(-c2cc(C)c(F)c(C)c2C)c2cc3c(cc12)CCC3. The van der Waals surface area contributed by atoms with Gasteiger partial charge in [-0.05, 0) is 85.4 Å². The smallest absolute Gasteiger partial charge is 0.206 e. The van der Waals surface area contributed by atoms with E-state index in [1.54, 1.807) is 0 Å². The molecule has 1 aliphatic carbocycles. The summed E-state index contributed by atoms with van der Waals surface area (Å²) in [5, 5.41) is 2.12. The molecule has 0 unspecified atom stereocenters. The molecule has 0 fully saturated rings. The van der Waals surface area contributed by atoms with E-state index in [0.29, 0.717) is 17.2 Å². The number of nitrogens with zero attached hydrogens (tertiary/aromatic N) is 1. The highest BCUT2D eigenvalue weighted by molar-refractivity contribution is 5.95. The lowest BCUT2D eigenvalue weighted by atomic mass is 9.92. The van der Waals surface area contributed by atoms with E-state index in [2.05, 4.69) is 16.7 Å². The van der Waals surface area contributed by atoms with E-state index in [4.69, 9.17) is 1.37 Å². The summed E-state index contributed by atoms with van der Waals surface area (Å²) in [7, 11) is 2.02. The average molecular weight is 335 g/mol. The van der Waals surface area contributed by atoms with Crippen molar-refractivity contribution in [1.29, 1.82) is 0 Å². The molecule has 4 rings (SSSR count). The van der Waals surface area contributed by atoms with Crippen LogP contribution in [-0.2, 0) is 19.9 Å². The Morgan fingerprint density at radius 2 is 1.68 bits per heavy atom. The molecule has 0 saturated heterocycles. The minimum Gasteiger partial charge on any atom is -0.206 e. The van der Waals surface area contributed by atoms with Crippen molar-refractivity contribution in [2.45, 2.75) is 47.0 Å². The molecule has 1 heterocycles. The van der Waals surface area contributed by atoms with Crippen LogP contribution in [0.25, 0.3) is 22.0 Å². The Kier molecular flexibility index (Phi) is 3.41. The van der Waals surface area contributed by atoms with Gasteiger partial charge in [-0.3, -0.25) is 0 Å². The second kappa shape index (κ2) is 5.66. The van der Waals surface area contributed by atoms with E-state index in [1.807, 2.05) is 40.8 Å². The number of hydrogen-bond acceptors (Lipinski definition) is 0. The topological polar surface area (TPSA) is 3.88 Å². The Morgan fingerprint density at radius 3 is 2.40 bits per heavy atom. The Bertz CT molecular complexity index is 1080. The van der Waals surface area contributed by atoms with Crippen LogP contribution in [-0.4, -0.2) is 0 Å². The second-order valence-electron chi connectivity index (χ2n) is 7.44. The van der Waals surface area contributed by atoms with Crippen molar-refractivity contribution < 1.29 is 10.3 Å². The van der Waals surface area contributed by atoms with Crippen LogP contribution in [0.4, 0.5) is 4.39 Å². The highest BCUT2D eigenvalue weighted by atomic mass is 19.1. The quantitative estimate of drug-likeness (QED) is 0.539. The predicted molar refractivity (Wildman–Crippen MR) is 101 cm³/mol. The summed E-state index contributed by atoms with van der Waals surface area (Å²) in [4.78, 5) is 0. The first-order valence-corrected chi connectivity index (χ1v) is 9.02. The van der Waals surface area contributed by atoms with Crippen LogP contribution in [0, 0.1) is 33.5 Å². The Morgan fingerprint density at radius 1 is 1.00 bits per heavy atom. The molecule has 0 saturated carbocycles. The lowest BCUT2D eigenvalue weighted by Gasteiger charge is -2.14. The molecule has 0 bridgehead atoms. The van der Waals surface area contributed by atoms with Crippen molar-refractivity contribution in [3.05, 3.63) is 63.6 Å². The minimum absolute atomic E-state index is 0.118. The van der Waals surface area contributed by atoms with Gasteiger partial charge in [-0.25, -0.2) is 4.39 Å². The van der Waals surface area contributed by atoms with Crippen LogP contribution in [0.15, 0.2) is 24.2 Å². The van der Waals surface area contributed by atoms with Gasteiger partial charge >= 0.3 is 0 Å². The number of halogens is 1. The van der Waals surface area contributed by atoms with Crippen LogP contribution in [0.5, 0.6) is 0 Å². The maximum Gasteiger partial charge on any atom is 0.220 e. The van der Waals surface area contributed by atoms with Crippen LogP contribution in [0.2, 0.25) is 0 Å². The number of pyridine rings is 1. The molecule has 0 amide bonds. The fraction of sp³-hybridized carbons (Fsp3) is 0.348. The van der Waals surface area contributed by atoms with Crippen LogP contribution >= 0.6 is 0 Å². The maximum atomic E-state index is 14.4. The first kappa shape index (κ1) is 15.1. The third-order valence-corrected chi connectivity index (χ3v) is 5.90. The fourth-order valence-corrected chi connectivity index (χ4v) is 4.17. The van der Waals surface area contributed by atoms with Gasteiger partial charge < -0.3 is 0 Å². The largest absolute Gasteiger partial charge is 0.220 e. The lowest BCUT2D eigenvalue weighted by Crippen LogP contribution is -2.35. The van der Waals surface area contributed by atoms with Gasteiger partial charge in [0, 0.05) is 13.0 Å². The van der Waals surface area contributed by atoms with Crippen molar-refractivity contribution in [3.63, 3.8) is 0 Å². The Hall–Kier alpha value is -2.22. The van der Waals surface area contributed by atoms with E-state index in [1.165, 1.54) is 17.5 Å². The summed E-state index contributed by atoms with van der Waals surface area (Å²) in [6.07, 6.45) is 3.40. The van der Waals surface area contributed by atoms with Gasteiger partial charge in [0.2, 0.25) is 5.69 Å². The molecule has 1 aliphatic rings. The highest BCUT2D eigenvalue weighted by Crippen LogP contribution is 2.35. The number of rotatable bonds is 1. The van der Waals surface area contributed by atoms with Crippen LogP contribution in [0.3, 0.4) is 0 Å². The first-order valence-electron chi connectivity index (χ1n) is 9.52. The van der Waals surface area contributed by atoms with Gasteiger partial charge in [0.1, 0.15) is 12.9 Å². The molecular formula is C23H25FN+. The van der Waals surface area contributed by atoms with Gasteiger partial charge in [-0.15, -0.1) is 0 Å². The van der Waals surface area contributed by atoms with E-state index < -0.39 is 0 Å². The summed E-state index contributed by atoms with van der Waals surface area (Å²) in [6.45, 7) is 7.68. The monoisotopic (exact) mass is 335 g/mol. The number of aromatic nitrogens is 1. The van der Waals surface area contributed by atoms with Gasteiger partial charge in [-0.1, -0.05) is 6.07 Å². The standard InChI is InChI=1S/C23H25FN/c1-13-9-20(15(3)16(4)22(13)24)23-21-12-18-8-6-7-17(18)11-19(21)10-14(2)25(23)5/h9-12H,6-8H2,1-5H3/q+1/i10D. The van der Waals surface area contributed by atoms with Crippen LogP contribution < -0.4 is 4.57 Å². The summed E-state index contributed by atoms with van der Waals surface area (Å²) in [6, 6.07) is 7.05. The van der Waals surface area contributed by atoms with Crippen molar-refractivity contribution in [2.75, 3.05) is 0 Å². The minimum atomic E-state index is -0.118. The molecular weight excluding hydrogens is 309 g/mol. The molecule has 2 heteroatoms. The molecule has 1 nitrogen and oxygen atoms in total. The zero-order valence-corrected chi connectivity index (χ0v) is 15.7. The molecule has 0 N–H and O–H groups in total. The predicted octanol–water partition coefficient (Wildman–Crippen LogP) is 5.19.